The Labute approximate surface area is 138 Å². The van der Waals surface area contributed by atoms with Crippen LogP contribution < -0.4 is 5.32 Å². The van der Waals surface area contributed by atoms with E-state index in [1.807, 2.05) is 32.0 Å². The monoisotopic (exact) mass is 315 g/mol. The molecule has 0 spiro atoms. The van der Waals surface area contributed by atoms with E-state index >= 15 is 0 Å². The molecule has 0 saturated heterocycles. The molecule has 1 aromatic carbocycles. The Morgan fingerprint density at radius 2 is 2.26 bits per heavy atom. The third-order valence-corrected chi connectivity index (χ3v) is 3.66. The van der Waals surface area contributed by atoms with Crippen molar-refractivity contribution >= 4 is 11.7 Å². The van der Waals surface area contributed by atoms with Crippen LogP contribution in [0.5, 0.6) is 0 Å². The number of amides is 2. The van der Waals surface area contributed by atoms with Crippen molar-refractivity contribution in [1.82, 2.24) is 10.2 Å². The van der Waals surface area contributed by atoms with Crippen molar-refractivity contribution in [1.29, 1.82) is 0 Å². The number of hydrogen-bond donors (Lipinski definition) is 1. The Balaban J connectivity index is 1.97. The number of aryl methyl sites for hydroxylation is 1. The summed E-state index contributed by atoms with van der Waals surface area (Å²) in [5.41, 5.74) is 3.23. The number of benzene rings is 1. The Bertz CT molecular complexity index is 596. The first kappa shape index (κ1) is 17.1. The van der Waals surface area contributed by atoms with Gasteiger partial charge in [-0.1, -0.05) is 35.5 Å². The van der Waals surface area contributed by atoms with Crippen LogP contribution in [0, 0.1) is 6.92 Å². The quantitative estimate of drug-likeness (QED) is 0.820. The Hall–Kier alpha value is -2.30. The molecule has 1 heterocycles. The molecule has 0 bridgehead atoms. The van der Waals surface area contributed by atoms with Crippen molar-refractivity contribution in [3.05, 3.63) is 48.0 Å². The molecule has 23 heavy (non-hydrogen) atoms. The summed E-state index contributed by atoms with van der Waals surface area (Å²) in [4.78, 5) is 19.5. The number of nitrogens with zero attached hydrogens (tertiary/aromatic N) is 2. The van der Waals surface area contributed by atoms with E-state index in [2.05, 4.69) is 30.0 Å². The molecule has 2 rings (SSSR count). The van der Waals surface area contributed by atoms with Gasteiger partial charge in [0.05, 0.1) is 12.3 Å². The first-order chi connectivity index (χ1) is 11.0. The van der Waals surface area contributed by atoms with E-state index in [4.69, 9.17) is 4.84 Å². The molecular weight excluding hydrogens is 290 g/mol. The van der Waals surface area contributed by atoms with Crippen LogP contribution >= 0.6 is 0 Å². The van der Waals surface area contributed by atoms with Crippen LogP contribution in [0.15, 0.2) is 42.1 Å². The van der Waals surface area contributed by atoms with Crippen molar-refractivity contribution in [2.24, 2.45) is 5.16 Å². The molecule has 1 aromatic rings. The maximum atomic E-state index is 12.2. The van der Waals surface area contributed by atoms with Gasteiger partial charge in [-0.2, -0.15) is 0 Å². The second kappa shape index (κ2) is 7.81. The van der Waals surface area contributed by atoms with E-state index in [0.29, 0.717) is 19.5 Å². The molecule has 1 atom stereocenters. The Morgan fingerprint density at radius 1 is 1.52 bits per heavy atom. The number of urea groups is 1. The second-order valence-electron chi connectivity index (χ2n) is 6.08. The van der Waals surface area contributed by atoms with Gasteiger partial charge in [0, 0.05) is 24.6 Å². The zero-order valence-electron chi connectivity index (χ0n) is 14.1. The van der Waals surface area contributed by atoms with Gasteiger partial charge in [-0.25, -0.2) is 4.79 Å². The fraction of sp³-hybridized carbons (Fsp3) is 0.444. The van der Waals surface area contributed by atoms with Crippen LogP contribution in [0.4, 0.5) is 4.79 Å². The topological polar surface area (TPSA) is 53.9 Å². The number of carbonyl (C=O) groups is 1. The molecule has 0 radical (unpaired) electrons. The lowest BCUT2D eigenvalue weighted by atomic mass is 10.0. The van der Waals surface area contributed by atoms with Gasteiger partial charge in [0.1, 0.15) is 0 Å². The molecule has 5 heteroatoms. The van der Waals surface area contributed by atoms with Gasteiger partial charge < -0.3 is 15.1 Å². The zero-order chi connectivity index (χ0) is 16.8. The lowest BCUT2D eigenvalue weighted by molar-refractivity contribution is 0.0626. The molecule has 1 aliphatic rings. The van der Waals surface area contributed by atoms with Gasteiger partial charge >= 0.3 is 6.03 Å². The number of rotatable bonds is 6. The van der Waals surface area contributed by atoms with Gasteiger partial charge in [-0.3, -0.25) is 0 Å². The summed E-state index contributed by atoms with van der Waals surface area (Å²) in [7, 11) is 0. The minimum Gasteiger partial charge on any atom is -0.390 e. The lowest BCUT2D eigenvalue weighted by Gasteiger charge is -2.24. The zero-order valence-corrected chi connectivity index (χ0v) is 14.1. The first-order valence-corrected chi connectivity index (χ1v) is 7.96. The van der Waals surface area contributed by atoms with Crippen molar-refractivity contribution in [3.8, 4) is 0 Å². The Morgan fingerprint density at radius 3 is 2.91 bits per heavy atom. The van der Waals surface area contributed by atoms with Gasteiger partial charge in [-0.15, -0.1) is 6.58 Å². The van der Waals surface area contributed by atoms with E-state index in [9.17, 15) is 4.79 Å². The van der Waals surface area contributed by atoms with Crippen molar-refractivity contribution in [2.45, 2.75) is 39.3 Å². The standard InChI is InChI=1S/C18H25N3O2/c1-5-10-21(18(22)19-13(2)3)12-15-11-17(20-23-15)16-9-7-6-8-14(16)4/h5-9,13,15H,1,10-12H2,2-4H3,(H,19,22). The van der Waals surface area contributed by atoms with Crippen LogP contribution in [0.25, 0.3) is 0 Å². The number of carbonyl (C=O) groups excluding carboxylic acids is 1. The van der Waals surface area contributed by atoms with E-state index in [1.165, 1.54) is 5.56 Å². The van der Waals surface area contributed by atoms with E-state index in [1.54, 1.807) is 11.0 Å². The van der Waals surface area contributed by atoms with E-state index < -0.39 is 0 Å². The second-order valence-corrected chi connectivity index (χ2v) is 6.08. The minimum atomic E-state index is -0.123. The predicted molar refractivity (Wildman–Crippen MR) is 92.6 cm³/mol. The molecule has 2 amide bonds. The molecule has 0 saturated carbocycles. The fourth-order valence-electron chi connectivity index (χ4n) is 2.56. The molecule has 5 nitrogen and oxygen atoms in total. The van der Waals surface area contributed by atoms with Crippen LogP contribution in [-0.2, 0) is 4.84 Å². The van der Waals surface area contributed by atoms with Crippen LogP contribution in [-0.4, -0.2) is 41.9 Å². The van der Waals surface area contributed by atoms with Crippen LogP contribution in [0.1, 0.15) is 31.4 Å². The molecule has 1 N–H and O–H groups in total. The summed E-state index contributed by atoms with van der Waals surface area (Å²) in [6, 6.07) is 8.11. The highest BCUT2D eigenvalue weighted by atomic mass is 16.6. The van der Waals surface area contributed by atoms with Gasteiger partial charge in [0.2, 0.25) is 0 Å². The van der Waals surface area contributed by atoms with Gasteiger partial charge in [0.15, 0.2) is 6.10 Å². The van der Waals surface area contributed by atoms with E-state index in [-0.39, 0.29) is 18.2 Å². The predicted octanol–water partition coefficient (Wildman–Crippen LogP) is 3.09. The maximum absolute atomic E-state index is 12.2. The average molecular weight is 315 g/mol. The van der Waals surface area contributed by atoms with Crippen LogP contribution in [0.2, 0.25) is 0 Å². The van der Waals surface area contributed by atoms with Crippen molar-refractivity contribution < 1.29 is 9.63 Å². The third-order valence-electron chi connectivity index (χ3n) is 3.66. The summed E-state index contributed by atoms with van der Waals surface area (Å²) in [6.07, 6.45) is 2.30. The summed E-state index contributed by atoms with van der Waals surface area (Å²) in [5.74, 6) is 0. The summed E-state index contributed by atoms with van der Waals surface area (Å²) in [6.45, 7) is 10.6. The molecule has 124 valence electrons. The summed E-state index contributed by atoms with van der Waals surface area (Å²) in [5, 5.41) is 7.11. The minimum absolute atomic E-state index is 0.0955. The largest absolute Gasteiger partial charge is 0.390 e. The molecule has 0 aromatic heterocycles. The summed E-state index contributed by atoms with van der Waals surface area (Å²) < 4.78 is 0. The van der Waals surface area contributed by atoms with Crippen molar-refractivity contribution in [2.75, 3.05) is 13.1 Å². The number of hydrogen-bond acceptors (Lipinski definition) is 3. The first-order valence-electron chi connectivity index (χ1n) is 7.96. The normalized spacial score (nSPS) is 16.7. The lowest BCUT2D eigenvalue weighted by Crippen LogP contribution is -2.46. The van der Waals surface area contributed by atoms with Gasteiger partial charge in [-0.05, 0) is 26.3 Å². The number of nitrogens with one attached hydrogen (secondary N) is 1. The highest BCUT2D eigenvalue weighted by Gasteiger charge is 2.26. The molecule has 1 aliphatic heterocycles. The summed E-state index contributed by atoms with van der Waals surface area (Å²) >= 11 is 0. The molecule has 1 unspecified atom stereocenters. The molecular formula is C18H25N3O2. The maximum Gasteiger partial charge on any atom is 0.318 e. The average Bonchev–Trinajstić information content (AvgIpc) is 2.95. The highest BCUT2D eigenvalue weighted by molar-refractivity contribution is 6.02. The van der Waals surface area contributed by atoms with Gasteiger partial charge in [0.25, 0.3) is 0 Å². The fourth-order valence-corrected chi connectivity index (χ4v) is 2.56. The Kier molecular flexibility index (Phi) is 5.79. The van der Waals surface area contributed by atoms with Crippen LogP contribution in [0.3, 0.4) is 0 Å². The van der Waals surface area contributed by atoms with Crippen molar-refractivity contribution in [3.63, 3.8) is 0 Å². The molecule has 0 aliphatic carbocycles. The molecule has 0 fully saturated rings. The van der Waals surface area contributed by atoms with E-state index in [0.717, 1.165) is 11.3 Å². The third kappa shape index (κ3) is 4.58. The number of oxime groups is 1. The SMILES string of the molecule is C=CCN(CC1CC(c2ccccc2C)=NO1)C(=O)NC(C)C. The highest BCUT2D eigenvalue weighted by Crippen LogP contribution is 2.20. The smallest absolute Gasteiger partial charge is 0.318 e.